The molecular weight excluding hydrogens is 240 g/mol. The Bertz CT molecular complexity index is 319. The molecule has 0 aromatic heterocycles. The topological polar surface area (TPSA) is 15.3 Å². The number of nitrogens with one attached hydrogen (secondary N) is 1. The Balaban J connectivity index is 2.31. The van der Waals surface area contributed by atoms with Gasteiger partial charge in [-0.25, -0.2) is 0 Å². The summed E-state index contributed by atoms with van der Waals surface area (Å²) >= 11 is 3.49. The summed E-state index contributed by atoms with van der Waals surface area (Å²) in [7, 11) is 1.97. The van der Waals surface area contributed by atoms with Gasteiger partial charge in [0.15, 0.2) is 0 Å². The second-order valence-electron chi connectivity index (χ2n) is 3.61. The maximum atomic E-state index is 3.49. The zero-order valence-electron chi connectivity index (χ0n) is 8.39. The molecule has 1 aromatic rings. The number of hydrogen-bond donors (Lipinski definition) is 1. The highest BCUT2D eigenvalue weighted by atomic mass is 79.9. The van der Waals surface area contributed by atoms with Crippen molar-refractivity contribution < 1.29 is 0 Å². The van der Waals surface area contributed by atoms with Crippen molar-refractivity contribution in [3.05, 3.63) is 22.7 Å². The van der Waals surface area contributed by atoms with E-state index in [0.717, 1.165) is 4.47 Å². The first-order valence-corrected chi connectivity index (χ1v) is 5.83. The Morgan fingerprint density at radius 3 is 2.64 bits per heavy atom. The fourth-order valence-corrected chi connectivity index (χ4v) is 2.30. The van der Waals surface area contributed by atoms with Crippen molar-refractivity contribution in [1.82, 2.24) is 0 Å². The van der Waals surface area contributed by atoms with Crippen molar-refractivity contribution in [2.24, 2.45) is 0 Å². The SMILES string of the molecule is CNc1cc(Br)ccc1N1CCCC1. The molecule has 1 saturated heterocycles. The molecule has 0 bridgehead atoms. The van der Waals surface area contributed by atoms with Crippen LogP contribution in [0.15, 0.2) is 22.7 Å². The summed E-state index contributed by atoms with van der Waals surface area (Å²) in [6.07, 6.45) is 2.64. The van der Waals surface area contributed by atoms with Crippen LogP contribution in [0.2, 0.25) is 0 Å². The van der Waals surface area contributed by atoms with Gasteiger partial charge >= 0.3 is 0 Å². The minimum absolute atomic E-state index is 1.13. The zero-order chi connectivity index (χ0) is 9.97. The number of benzene rings is 1. The van der Waals surface area contributed by atoms with Gasteiger partial charge in [-0.1, -0.05) is 15.9 Å². The fraction of sp³-hybridized carbons (Fsp3) is 0.455. The van der Waals surface area contributed by atoms with E-state index in [0.29, 0.717) is 0 Å². The van der Waals surface area contributed by atoms with Crippen LogP contribution in [0, 0.1) is 0 Å². The summed E-state index contributed by atoms with van der Waals surface area (Å²) in [5.74, 6) is 0. The molecule has 0 spiro atoms. The Hall–Kier alpha value is -0.700. The number of nitrogens with zero attached hydrogens (tertiary/aromatic N) is 1. The molecule has 76 valence electrons. The van der Waals surface area contributed by atoms with E-state index in [1.807, 2.05) is 7.05 Å². The van der Waals surface area contributed by atoms with Gasteiger partial charge in [0.05, 0.1) is 11.4 Å². The quantitative estimate of drug-likeness (QED) is 0.873. The van der Waals surface area contributed by atoms with Crippen molar-refractivity contribution in [2.75, 3.05) is 30.4 Å². The largest absolute Gasteiger partial charge is 0.386 e. The van der Waals surface area contributed by atoms with E-state index in [1.165, 1.54) is 37.3 Å². The van der Waals surface area contributed by atoms with Gasteiger partial charge in [-0.15, -0.1) is 0 Å². The van der Waals surface area contributed by atoms with E-state index in [-0.39, 0.29) is 0 Å². The van der Waals surface area contributed by atoms with Gasteiger partial charge in [0.25, 0.3) is 0 Å². The first-order chi connectivity index (χ1) is 6.81. The number of halogens is 1. The summed E-state index contributed by atoms with van der Waals surface area (Å²) in [6.45, 7) is 2.38. The van der Waals surface area contributed by atoms with Crippen LogP contribution in [0.5, 0.6) is 0 Å². The van der Waals surface area contributed by atoms with Gasteiger partial charge in [-0.2, -0.15) is 0 Å². The number of hydrogen-bond acceptors (Lipinski definition) is 2. The van der Waals surface area contributed by atoms with Crippen molar-refractivity contribution in [3.8, 4) is 0 Å². The van der Waals surface area contributed by atoms with E-state index < -0.39 is 0 Å². The third-order valence-corrected chi connectivity index (χ3v) is 3.17. The molecule has 1 N–H and O–H groups in total. The lowest BCUT2D eigenvalue weighted by molar-refractivity contribution is 0.949. The molecule has 0 amide bonds. The Morgan fingerprint density at radius 2 is 2.00 bits per heavy atom. The van der Waals surface area contributed by atoms with E-state index in [2.05, 4.69) is 44.3 Å². The molecule has 0 atom stereocenters. The average Bonchev–Trinajstić information content (AvgIpc) is 2.70. The normalized spacial score (nSPS) is 16.0. The molecule has 0 radical (unpaired) electrons. The standard InChI is InChI=1S/C11H15BrN2/c1-13-10-8-9(12)4-5-11(10)14-6-2-3-7-14/h4-5,8,13H,2-3,6-7H2,1H3. The van der Waals surface area contributed by atoms with Gasteiger partial charge in [0.2, 0.25) is 0 Å². The smallest absolute Gasteiger partial charge is 0.0602 e. The van der Waals surface area contributed by atoms with Crippen molar-refractivity contribution in [3.63, 3.8) is 0 Å². The van der Waals surface area contributed by atoms with Gasteiger partial charge in [-0.3, -0.25) is 0 Å². The zero-order valence-corrected chi connectivity index (χ0v) is 9.97. The maximum absolute atomic E-state index is 3.49. The van der Waals surface area contributed by atoms with E-state index in [1.54, 1.807) is 0 Å². The van der Waals surface area contributed by atoms with Gasteiger partial charge < -0.3 is 10.2 Å². The fourth-order valence-electron chi connectivity index (χ4n) is 1.94. The third kappa shape index (κ3) is 1.87. The summed E-state index contributed by atoms with van der Waals surface area (Å²) < 4.78 is 1.13. The highest BCUT2D eigenvalue weighted by Crippen LogP contribution is 2.31. The summed E-state index contributed by atoms with van der Waals surface area (Å²) in [5.41, 5.74) is 2.54. The Labute approximate surface area is 93.4 Å². The number of rotatable bonds is 2. The first kappa shape index (κ1) is 9.84. The average molecular weight is 255 g/mol. The van der Waals surface area contributed by atoms with Crippen LogP contribution in [-0.2, 0) is 0 Å². The minimum Gasteiger partial charge on any atom is -0.386 e. The second-order valence-corrected chi connectivity index (χ2v) is 4.52. The highest BCUT2D eigenvalue weighted by Gasteiger charge is 2.14. The molecule has 1 aromatic carbocycles. The lowest BCUT2D eigenvalue weighted by Gasteiger charge is -2.21. The predicted molar refractivity (Wildman–Crippen MR) is 65.1 cm³/mol. The summed E-state index contributed by atoms with van der Waals surface area (Å²) in [5, 5.41) is 3.24. The maximum Gasteiger partial charge on any atom is 0.0602 e. The van der Waals surface area contributed by atoms with Gasteiger partial charge in [-0.05, 0) is 31.0 Å². The van der Waals surface area contributed by atoms with E-state index >= 15 is 0 Å². The number of anilines is 2. The van der Waals surface area contributed by atoms with Crippen LogP contribution in [0.3, 0.4) is 0 Å². The lowest BCUT2D eigenvalue weighted by Crippen LogP contribution is -2.18. The molecule has 0 unspecified atom stereocenters. The molecule has 3 heteroatoms. The van der Waals surface area contributed by atoms with E-state index in [4.69, 9.17) is 0 Å². The van der Waals surface area contributed by atoms with Crippen LogP contribution in [-0.4, -0.2) is 20.1 Å². The van der Waals surface area contributed by atoms with Gasteiger partial charge in [0.1, 0.15) is 0 Å². The van der Waals surface area contributed by atoms with Crippen molar-refractivity contribution >= 4 is 27.3 Å². The summed E-state index contributed by atoms with van der Waals surface area (Å²) in [6, 6.07) is 6.42. The molecule has 0 aliphatic carbocycles. The molecule has 1 aliphatic rings. The van der Waals surface area contributed by atoms with Crippen LogP contribution in [0.4, 0.5) is 11.4 Å². The van der Waals surface area contributed by atoms with E-state index in [9.17, 15) is 0 Å². The molecule has 1 fully saturated rings. The Kier molecular flexibility index (Phi) is 2.96. The monoisotopic (exact) mass is 254 g/mol. The van der Waals surface area contributed by atoms with Crippen LogP contribution >= 0.6 is 15.9 Å². The molecule has 2 nitrogen and oxygen atoms in total. The molecule has 1 heterocycles. The molecular formula is C11H15BrN2. The van der Waals surface area contributed by atoms with Gasteiger partial charge in [0, 0.05) is 24.6 Å². The second kappa shape index (κ2) is 4.22. The van der Waals surface area contributed by atoms with Crippen molar-refractivity contribution in [2.45, 2.75) is 12.8 Å². The molecule has 2 rings (SSSR count). The molecule has 14 heavy (non-hydrogen) atoms. The lowest BCUT2D eigenvalue weighted by atomic mass is 10.2. The third-order valence-electron chi connectivity index (χ3n) is 2.67. The van der Waals surface area contributed by atoms with Crippen LogP contribution in [0.1, 0.15) is 12.8 Å². The van der Waals surface area contributed by atoms with Crippen LogP contribution < -0.4 is 10.2 Å². The van der Waals surface area contributed by atoms with Crippen molar-refractivity contribution in [1.29, 1.82) is 0 Å². The summed E-state index contributed by atoms with van der Waals surface area (Å²) in [4.78, 5) is 2.44. The minimum atomic E-state index is 1.13. The molecule has 0 saturated carbocycles. The Morgan fingerprint density at radius 1 is 1.29 bits per heavy atom. The highest BCUT2D eigenvalue weighted by molar-refractivity contribution is 9.10. The predicted octanol–water partition coefficient (Wildman–Crippen LogP) is 3.09. The first-order valence-electron chi connectivity index (χ1n) is 5.03. The molecule has 1 aliphatic heterocycles. The van der Waals surface area contributed by atoms with Crippen LogP contribution in [0.25, 0.3) is 0 Å².